The van der Waals surface area contributed by atoms with E-state index in [1.807, 2.05) is 6.92 Å². The second-order valence-corrected chi connectivity index (χ2v) is 2.14. The van der Waals surface area contributed by atoms with Crippen molar-refractivity contribution in [1.29, 1.82) is 0 Å². The minimum Gasteiger partial charge on any atom is -0.501 e. The van der Waals surface area contributed by atoms with Crippen LogP contribution in [0.5, 0.6) is 0 Å². The second-order valence-electron chi connectivity index (χ2n) is 2.14. The molecule has 0 aromatic heterocycles. The molecule has 0 rings (SSSR count). The van der Waals surface area contributed by atoms with Crippen molar-refractivity contribution in [2.75, 3.05) is 20.3 Å². The zero-order valence-electron chi connectivity index (χ0n) is 8.24. The quantitative estimate of drug-likeness (QED) is 0.279. The Balaban J connectivity index is 4.31. The van der Waals surface area contributed by atoms with E-state index >= 15 is 0 Å². The predicted molar refractivity (Wildman–Crippen MR) is 50.8 cm³/mol. The maximum absolute atomic E-state index is 11.2. The number of rotatable bonds is 5. The molecule has 13 heavy (non-hydrogen) atoms. The normalized spacial score (nSPS) is 11.8. The summed E-state index contributed by atoms with van der Waals surface area (Å²) in [6.07, 6.45) is 2.76. The van der Waals surface area contributed by atoms with E-state index in [1.165, 1.54) is 12.5 Å². The molecule has 0 aliphatic heterocycles. The minimum atomic E-state index is -0.415. The van der Waals surface area contributed by atoms with Crippen molar-refractivity contribution < 1.29 is 14.3 Å². The summed E-state index contributed by atoms with van der Waals surface area (Å²) in [5.74, 6) is -0.415. The van der Waals surface area contributed by atoms with Crippen LogP contribution in [0.2, 0.25) is 0 Å². The van der Waals surface area contributed by atoms with E-state index in [-0.39, 0.29) is 0 Å². The molecule has 0 spiro atoms. The summed E-state index contributed by atoms with van der Waals surface area (Å²) in [4.78, 5) is 14.9. The largest absolute Gasteiger partial charge is 0.501 e. The molecule has 0 aliphatic rings. The highest BCUT2D eigenvalue weighted by Gasteiger charge is 2.07. The topological polar surface area (TPSA) is 47.9 Å². The van der Waals surface area contributed by atoms with Crippen LogP contribution in [0.15, 0.2) is 16.8 Å². The van der Waals surface area contributed by atoms with Crippen molar-refractivity contribution in [2.24, 2.45) is 4.99 Å². The molecular formula is C9H15NO3. The van der Waals surface area contributed by atoms with Gasteiger partial charge in [0.25, 0.3) is 0 Å². The predicted octanol–water partition coefficient (Wildman–Crippen LogP) is 1.17. The van der Waals surface area contributed by atoms with Gasteiger partial charge < -0.3 is 9.47 Å². The van der Waals surface area contributed by atoms with E-state index in [0.717, 1.165) is 0 Å². The first kappa shape index (κ1) is 11.7. The zero-order chi connectivity index (χ0) is 10.1. The monoisotopic (exact) mass is 185 g/mol. The van der Waals surface area contributed by atoms with E-state index in [4.69, 9.17) is 9.47 Å². The number of carbonyl (C=O) groups is 1. The Hall–Kier alpha value is -1.32. The van der Waals surface area contributed by atoms with Crippen LogP contribution < -0.4 is 0 Å². The van der Waals surface area contributed by atoms with Crippen LogP contribution in [-0.2, 0) is 14.3 Å². The lowest BCUT2D eigenvalue weighted by atomic mass is 10.3. The number of hydrogen-bond acceptors (Lipinski definition) is 4. The summed E-state index contributed by atoms with van der Waals surface area (Å²) in [6.45, 7) is 4.45. The number of ether oxygens (including phenoxy) is 2. The fourth-order valence-electron chi connectivity index (χ4n) is 0.658. The van der Waals surface area contributed by atoms with Crippen molar-refractivity contribution in [2.45, 2.75) is 13.8 Å². The summed E-state index contributed by atoms with van der Waals surface area (Å²) in [5.41, 5.74) is 0.325. The summed E-state index contributed by atoms with van der Waals surface area (Å²) in [7, 11) is 1.58. The smallest absolute Gasteiger partial charge is 0.342 e. The number of esters is 1. The first-order valence-corrected chi connectivity index (χ1v) is 4.17. The van der Waals surface area contributed by atoms with Gasteiger partial charge in [0.2, 0.25) is 0 Å². The fourth-order valence-corrected chi connectivity index (χ4v) is 0.658. The van der Waals surface area contributed by atoms with E-state index in [0.29, 0.717) is 18.8 Å². The molecule has 0 saturated carbocycles. The molecule has 0 heterocycles. The Labute approximate surface area is 78.3 Å². The Morgan fingerprint density at radius 2 is 2.08 bits per heavy atom. The number of hydrogen-bond donors (Lipinski definition) is 0. The third kappa shape index (κ3) is 5.00. The summed E-state index contributed by atoms with van der Waals surface area (Å²) < 4.78 is 9.74. The minimum absolute atomic E-state index is 0.325. The maximum Gasteiger partial charge on any atom is 0.342 e. The molecule has 0 bridgehead atoms. The molecule has 0 aromatic carbocycles. The van der Waals surface area contributed by atoms with Gasteiger partial charge in [-0.2, -0.15) is 0 Å². The van der Waals surface area contributed by atoms with Crippen LogP contribution in [0.3, 0.4) is 0 Å². The van der Waals surface area contributed by atoms with Crippen LogP contribution in [-0.4, -0.2) is 32.4 Å². The first-order valence-electron chi connectivity index (χ1n) is 4.17. The van der Waals surface area contributed by atoms with Gasteiger partial charge in [-0.15, -0.1) is 0 Å². The Bertz CT molecular complexity index is 209. The first-order chi connectivity index (χ1) is 6.26. The summed E-state index contributed by atoms with van der Waals surface area (Å²) in [5, 5.41) is 0. The van der Waals surface area contributed by atoms with Crippen LogP contribution in [0.4, 0.5) is 0 Å². The third-order valence-electron chi connectivity index (χ3n) is 1.16. The third-order valence-corrected chi connectivity index (χ3v) is 1.16. The van der Waals surface area contributed by atoms with E-state index in [9.17, 15) is 4.79 Å². The average Bonchev–Trinajstić information content (AvgIpc) is 2.12. The molecule has 0 fully saturated rings. The van der Waals surface area contributed by atoms with E-state index < -0.39 is 5.97 Å². The van der Waals surface area contributed by atoms with Gasteiger partial charge in [0.05, 0.1) is 19.5 Å². The number of aliphatic imine (C=N–C) groups is 1. The van der Waals surface area contributed by atoms with Gasteiger partial charge in [-0.3, -0.25) is 4.99 Å². The molecule has 0 radical (unpaired) electrons. The molecule has 4 heteroatoms. The highest BCUT2D eigenvalue weighted by molar-refractivity contribution is 6.09. The maximum atomic E-state index is 11.2. The lowest BCUT2D eigenvalue weighted by Crippen LogP contribution is -2.09. The van der Waals surface area contributed by atoms with E-state index in [2.05, 4.69) is 4.99 Å². The molecule has 0 aliphatic carbocycles. The standard InChI is InChI=1S/C9H15NO3/c1-4-12-7-8(6-10-3)9(11)13-5-2/h6-7H,4-5H2,1-3H3/b8-7+,10-6?. The second kappa shape index (κ2) is 7.34. The van der Waals surface area contributed by atoms with Crippen LogP contribution in [0.1, 0.15) is 13.8 Å². The van der Waals surface area contributed by atoms with Crippen molar-refractivity contribution >= 4 is 12.2 Å². The Morgan fingerprint density at radius 1 is 1.38 bits per heavy atom. The highest BCUT2D eigenvalue weighted by Crippen LogP contribution is 1.96. The lowest BCUT2D eigenvalue weighted by Gasteiger charge is -2.01. The zero-order valence-corrected chi connectivity index (χ0v) is 8.24. The molecule has 0 amide bonds. The molecule has 4 nitrogen and oxygen atoms in total. The van der Waals surface area contributed by atoms with Crippen LogP contribution in [0, 0.1) is 0 Å². The number of carbonyl (C=O) groups excluding carboxylic acids is 1. The molecule has 0 unspecified atom stereocenters. The van der Waals surface area contributed by atoms with Gasteiger partial charge in [0.15, 0.2) is 0 Å². The molecular weight excluding hydrogens is 170 g/mol. The molecule has 0 aromatic rings. The fraction of sp³-hybridized carbons (Fsp3) is 0.556. The van der Waals surface area contributed by atoms with Crippen LogP contribution >= 0.6 is 0 Å². The summed E-state index contributed by atoms with van der Waals surface area (Å²) >= 11 is 0. The van der Waals surface area contributed by atoms with Gasteiger partial charge in [-0.25, -0.2) is 4.79 Å². The number of nitrogens with zero attached hydrogens (tertiary/aromatic N) is 1. The molecule has 0 atom stereocenters. The molecule has 0 N–H and O–H groups in total. The van der Waals surface area contributed by atoms with Crippen molar-refractivity contribution in [1.82, 2.24) is 0 Å². The Kier molecular flexibility index (Phi) is 6.59. The Morgan fingerprint density at radius 3 is 2.54 bits per heavy atom. The van der Waals surface area contributed by atoms with Crippen molar-refractivity contribution in [3.8, 4) is 0 Å². The van der Waals surface area contributed by atoms with Gasteiger partial charge >= 0.3 is 5.97 Å². The van der Waals surface area contributed by atoms with Crippen LogP contribution in [0.25, 0.3) is 0 Å². The van der Waals surface area contributed by atoms with Crippen molar-refractivity contribution in [3.63, 3.8) is 0 Å². The average molecular weight is 185 g/mol. The van der Waals surface area contributed by atoms with E-state index in [1.54, 1.807) is 14.0 Å². The SMILES string of the molecule is CCO/C=C(\C=NC)C(=O)OCC. The lowest BCUT2D eigenvalue weighted by molar-refractivity contribution is -0.137. The van der Waals surface area contributed by atoms with Gasteiger partial charge in [0.1, 0.15) is 5.57 Å². The molecule has 0 saturated heterocycles. The van der Waals surface area contributed by atoms with Gasteiger partial charge in [-0.1, -0.05) is 0 Å². The summed E-state index contributed by atoms with van der Waals surface area (Å²) in [6, 6.07) is 0. The van der Waals surface area contributed by atoms with Gasteiger partial charge in [-0.05, 0) is 13.8 Å². The van der Waals surface area contributed by atoms with Crippen molar-refractivity contribution in [3.05, 3.63) is 11.8 Å². The van der Waals surface area contributed by atoms with Gasteiger partial charge in [0, 0.05) is 13.3 Å². The highest BCUT2D eigenvalue weighted by atomic mass is 16.5. The molecule has 74 valence electrons.